The van der Waals surface area contributed by atoms with Crippen molar-refractivity contribution in [1.29, 1.82) is 0 Å². The molecule has 0 unspecified atom stereocenters. The van der Waals surface area contributed by atoms with Crippen molar-refractivity contribution < 1.29 is 0 Å². The topological polar surface area (TPSA) is 92.8 Å². The highest BCUT2D eigenvalue weighted by Crippen LogP contribution is 2.31. The lowest BCUT2D eigenvalue weighted by atomic mass is 10.0. The molecule has 3 N–H and O–H groups in total. The number of H-pyrrole nitrogens is 1. The van der Waals surface area contributed by atoms with E-state index in [4.69, 9.17) is 5.73 Å². The van der Waals surface area contributed by atoms with Crippen LogP contribution in [0.2, 0.25) is 0 Å². The van der Waals surface area contributed by atoms with Gasteiger partial charge < -0.3 is 10.6 Å². The monoisotopic (exact) mass is 372 g/mol. The summed E-state index contributed by atoms with van der Waals surface area (Å²) in [4.78, 5) is 14.5. The van der Waals surface area contributed by atoms with Gasteiger partial charge in [0.2, 0.25) is 0 Å². The van der Waals surface area contributed by atoms with Crippen molar-refractivity contribution in [2.75, 3.05) is 11.4 Å². The van der Waals surface area contributed by atoms with E-state index in [-0.39, 0.29) is 12.1 Å². The third-order valence-electron chi connectivity index (χ3n) is 5.36. The summed E-state index contributed by atoms with van der Waals surface area (Å²) in [6, 6.07) is 16.2. The minimum absolute atomic E-state index is 0.203. The Kier molecular flexibility index (Phi) is 3.95. The molecule has 7 nitrogen and oxygen atoms in total. The highest BCUT2D eigenvalue weighted by Gasteiger charge is 2.21. The number of rotatable bonds is 3. The molecule has 0 spiro atoms. The number of hydrogen-bond acceptors (Lipinski definition) is 5. The first-order valence-electron chi connectivity index (χ1n) is 9.31. The van der Waals surface area contributed by atoms with E-state index in [1.807, 2.05) is 30.5 Å². The van der Waals surface area contributed by atoms with Crippen molar-refractivity contribution in [3.8, 4) is 11.1 Å². The fraction of sp³-hybridized carbons (Fsp3) is 0.190. The lowest BCUT2D eigenvalue weighted by Crippen LogP contribution is -2.34. The highest BCUT2D eigenvalue weighted by atomic mass is 16.1. The molecule has 2 aromatic heterocycles. The fourth-order valence-corrected chi connectivity index (χ4v) is 3.89. The Morgan fingerprint density at radius 1 is 1.07 bits per heavy atom. The van der Waals surface area contributed by atoms with Crippen LogP contribution in [-0.4, -0.2) is 26.5 Å². The third kappa shape index (κ3) is 2.68. The van der Waals surface area contributed by atoms with E-state index in [9.17, 15) is 4.79 Å². The minimum atomic E-state index is -0.203. The van der Waals surface area contributed by atoms with Gasteiger partial charge in [-0.2, -0.15) is 10.2 Å². The van der Waals surface area contributed by atoms with Gasteiger partial charge in [0.25, 0.3) is 5.56 Å². The summed E-state index contributed by atoms with van der Waals surface area (Å²) in [5, 5.41) is 12.6. The first-order chi connectivity index (χ1) is 13.7. The van der Waals surface area contributed by atoms with Crippen LogP contribution in [0.4, 0.5) is 5.69 Å². The maximum atomic E-state index is 12.1. The van der Waals surface area contributed by atoms with Crippen LogP contribution in [0.3, 0.4) is 0 Å². The second-order valence-corrected chi connectivity index (χ2v) is 6.95. The summed E-state index contributed by atoms with van der Waals surface area (Å²) in [5.41, 5.74) is 10.8. The summed E-state index contributed by atoms with van der Waals surface area (Å²) in [6.07, 6.45) is 1.91. The number of aromatic nitrogens is 4. The second-order valence-electron chi connectivity index (χ2n) is 6.95. The Morgan fingerprint density at radius 3 is 2.75 bits per heavy atom. The molecule has 1 aliphatic heterocycles. The van der Waals surface area contributed by atoms with Crippen LogP contribution >= 0.6 is 0 Å². The van der Waals surface area contributed by atoms with Gasteiger partial charge in [-0.05, 0) is 29.8 Å². The quantitative estimate of drug-likeness (QED) is 0.575. The van der Waals surface area contributed by atoms with E-state index in [1.165, 1.54) is 11.4 Å². The van der Waals surface area contributed by atoms with Crippen LogP contribution in [0, 0.1) is 0 Å². The van der Waals surface area contributed by atoms with Crippen molar-refractivity contribution in [2.24, 2.45) is 5.73 Å². The van der Waals surface area contributed by atoms with Crippen molar-refractivity contribution in [3.05, 3.63) is 76.5 Å². The Hall–Kier alpha value is -3.45. The molecule has 0 saturated heterocycles. The van der Waals surface area contributed by atoms with E-state index >= 15 is 0 Å². The van der Waals surface area contributed by atoms with Crippen LogP contribution in [0.5, 0.6) is 0 Å². The molecule has 5 rings (SSSR count). The fourth-order valence-electron chi connectivity index (χ4n) is 3.89. The number of para-hydroxylation sites is 1. The van der Waals surface area contributed by atoms with Crippen molar-refractivity contribution >= 4 is 16.5 Å². The Bertz CT molecular complexity index is 1210. The van der Waals surface area contributed by atoms with Crippen LogP contribution < -0.4 is 16.2 Å². The van der Waals surface area contributed by atoms with E-state index in [1.54, 1.807) is 0 Å². The number of hydrogen-bond donors (Lipinski definition) is 2. The van der Waals surface area contributed by atoms with Crippen molar-refractivity contribution in [1.82, 2.24) is 20.0 Å². The van der Waals surface area contributed by atoms with Gasteiger partial charge in [0.15, 0.2) is 0 Å². The number of nitrogens with one attached hydrogen (secondary N) is 1. The van der Waals surface area contributed by atoms with Crippen LogP contribution in [0.15, 0.2) is 59.5 Å². The molecule has 3 heterocycles. The molecule has 28 heavy (non-hydrogen) atoms. The molecule has 0 aliphatic carbocycles. The molecule has 1 aliphatic rings. The molecular weight excluding hydrogens is 352 g/mol. The largest absolute Gasteiger partial charge is 0.364 e. The average Bonchev–Trinajstić information content (AvgIpc) is 3.18. The zero-order chi connectivity index (χ0) is 19.1. The minimum Gasteiger partial charge on any atom is -0.364 e. The predicted octanol–water partition coefficient (Wildman–Crippen LogP) is 2.27. The zero-order valence-electron chi connectivity index (χ0n) is 15.3. The number of aromatic amines is 1. The van der Waals surface area contributed by atoms with Gasteiger partial charge in [0, 0.05) is 29.7 Å². The molecule has 0 bridgehead atoms. The molecule has 2 aromatic carbocycles. The lowest BCUT2D eigenvalue weighted by molar-refractivity contribution is 0.520. The molecule has 0 amide bonds. The summed E-state index contributed by atoms with van der Waals surface area (Å²) in [6.45, 7) is 2.82. The number of fused-ring (bicyclic) bond motifs is 2. The maximum Gasteiger partial charge on any atom is 0.272 e. The van der Waals surface area contributed by atoms with Crippen LogP contribution in [-0.2, 0) is 19.6 Å². The van der Waals surface area contributed by atoms with Crippen LogP contribution in [0.25, 0.3) is 21.9 Å². The smallest absolute Gasteiger partial charge is 0.272 e. The molecule has 0 radical (unpaired) electrons. The van der Waals surface area contributed by atoms with E-state index in [2.05, 4.69) is 49.1 Å². The Morgan fingerprint density at radius 2 is 1.93 bits per heavy atom. The summed E-state index contributed by atoms with van der Waals surface area (Å²) in [5.74, 6) is 0. The lowest BCUT2D eigenvalue weighted by Gasteiger charge is -2.30. The highest BCUT2D eigenvalue weighted by molar-refractivity contribution is 5.88. The van der Waals surface area contributed by atoms with Gasteiger partial charge in [0.1, 0.15) is 0 Å². The predicted molar refractivity (Wildman–Crippen MR) is 109 cm³/mol. The normalized spacial score (nSPS) is 13.7. The molecule has 0 saturated carbocycles. The number of nitrogens with zero attached hydrogens (tertiary/aromatic N) is 4. The Labute approximate surface area is 161 Å². The molecular formula is C21H20N6O. The van der Waals surface area contributed by atoms with Gasteiger partial charge in [-0.1, -0.05) is 24.3 Å². The SMILES string of the molecule is NCc1n[nH]c(=O)c2ccc(-c3cnn4c3CN(c3ccccc3)CC4)cc12. The number of anilines is 1. The van der Waals surface area contributed by atoms with Gasteiger partial charge in [-0.25, -0.2) is 5.10 Å². The van der Waals surface area contributed by atoms with Crippen LogP contribution in [0.1, 0.15) is 11.4 Å². The maximum absolute atomic E-state index is 12.1. The van der Waals surface area contributed by atoms with Gasteiger partial charge >= 0.3 is 0 Å². The standard InChI is InChI=1S/C21H20N6O/c22-11-19-17-10-14(6-7-16(17)21(28)25-24-19)18-12-23-27-9-8-26(13-20(18)27)15-4-2-1-3-5-15/h1-7,10,12H,8-9,11,13,22H2,(H,25,28). The van der Waals surface area contributed by atoms with Crippen molar-refractivity contribution in [3.63, 3.8) is 0 Å². The Balaban J connectivity index is 1.59. The zero-order valence-corrected chi connectivity index (χ0v) is 15.3. The summed E-state index contributed by atoms with van der Waals surface area (Å²) < 4.78 is 2.07. The average molecular weight is 372 g/mol. The molecule has 4 aromatic rings. The number of nitrogens with two attached hydrogens (primary N) is 1. The first kappa shape index (κ1) is 16.7. The van der Waals surface area contributed by atoms with E-state index in [0.29, 0.717) is 11.1 Å². The van der Waals surface area contributed by atoms with Gasteiger partial charge in [-0.15, -0.1) is 0 Å². The van der Waals surface area contributed by atoms with Crippen molar-refractivity contribution in [2.45, 2.75) is 19.6 Å². The summed E-state index contributed by atoms with van der Waals surface area (Å²) in [7, 11) is 0. The molecule has 7 heteroatoms. The number of benzene rings is 2. The van der Waals surface area contributed by atoms with Gasteiger partial charge in [-0.3, -0.25) is 9.48 Å². The molecule has 140 valence electrons. The van der Waals surface area contributed by atoms with E-state index < -0.39 is 0 Å². The molecule has 0 atom stereocenters. The second kappa shape index (κ2) is 6.61. The first-order valence-corrected chi connectivity index (χ1v) is 9.31. The molecule has 0 fully saturated rings. The van der Waals surface area contributed by atoms with E-state index in [0.717, 1.165) is 36.1 Å². The van der Waals surface area contributed by atoms with Gasteiger partial charge in [0.05, 0.1) is 36.1 Å². The summed E-state index contributed by atoms with van der Waals surface area (Å²) >= 11 is 0. The third-order valence-corrected chi connectivity index (χ3v) is 5.36.